The van der Waals surface area contributed by atoms with Gasteiger partial charge in [0.2, 0.25) is 17.7 Å². The van der Waals surface area contributed by atoms with Crippen molar-refractivity contribution in [3.8, 4) is 5.75 Å². The number of anilines is 1. The summed E-state index contributed by atoms with van der Waals surface area (Å²) in [7, 11) is 3.13. The van der Waals surface area contributed by atoms with Gasteiger partial charge in [-0.25, -0.2) is 0 Å². The molecule has 3 amide bonds. The number of nitrogens with zero attached hydrogens (tertiary/aromatic N) is 1. The normalized spacial score (nSPS) is 27.0. The van der Waals surface area contributed by atoms with Crippen molar-refractivity contribution in [3.63, 3.8) is 0 Å². The molecule has 1 aromatic rings. The molecule has 0 bridgehead atoms. The smallest absolute Gasteiger partial charge is 0.247 e. The summed E-state index contributed by atoms with van der Waals surface area (Å²) in [5.41, 5.74) is 0.581. The van der Waals surface area contributed by atoms with Crippen molar-refractivity contribution in [1.82, 2.24) is 10.2 Å². The standard InChI is InChI=1S/C23H31N3O5/c1-4-5-14-6-11-17-19(18(14)21(28)24-2)23(30)26(12-13-27)20(17)22(29)25-15-7-9-16(31-3)10-8-15/h6-11,14,17-20,27H,4-5,12-13H2,1-3H3,(H,24,28)(H,25,29)/t14-,17+,18-,19+,20+/m1/s1. The van der Waals surface area contributed by atoms with Gasteiger partial charge in [-0.1, -0.05) is 25.5 Å². The third-order valence-electron chi connectivity index (χ3n) is 6.25. The number of fused-ring (bicyclic) bond motifs is 1. The molecule has 8 nitrogen and oxygen atoms in total. The molecule has 0 radical (unpaired) electrons. The van der Waals surface area contributed by atoms with E-state index in [9.17, 15) is 19.5 Å². The summed E-state index contributed by atoms with van der Waals surface area (Å²) in [4.78, 5) is 40.8. The van der Waals surface area contributed by atoms with Crippen molar-refractivity contribution in [2.45, 2.75) is 25.8 Å². The Bertz CT molecular complexity index is 838. The second-order valence-corrected chi connectivity index (χ2v) is 8.00. The number of hydrogen-bond donors (Lipinski definition) is 3. The maximum absolute atomic E-state index is 13.4. The highest BCUT2D eigenvalue weighted by Gasteiger charge is 2.56. The van der Waals surface area contributed by atoms with Gasteiger partial charge >= 0.3 is 0 Å². The number of amides is 3. The van der Waals surface area contributed by atoms with Crippen molar-refractivity contribution in [2.75, 3.05) is 32.6 Å². The van der Waals surface area contributed by atoms with Crippen molar-refractivity contribution in [1.29, 1.82) is 0 Å². The number of aliphatic hydroxyl groups is 1. The quantitative estimate of drug-likeness (QED) is 0.542. The lowest BCUT2D eigenvalue weighted by Crippen LogP contribution is -2.45. The maximum Gasteiger partial charge on any atom is 0.247 e. The molecule has 1 aliphatic carbocycles. The van der Waals surface area contributed by atoms with E-state index < -0.39 is 23.8 Å². The summed E-state index contributed by atoms with van der Waals surface area (Å²) in [6, 6.07) is 6.13. The SMILES string of the molecule is CCC[C@@H]1C=C[C@H]2[C@H](C(=O)N(CCO)[C@@H]2C(=O)Nc2ccc(OC)cc2)[C@@H]1C(=O)NC. The van der Waals surface area contributed by atoms with Gasteiger partial charge in [0, 0.05) is 25.2 Å². The highest BCUT2D eigenvalue weighted by molar-refractivity contribution is 6.01. The van der Waals surface area contributed by atoms with Gasteiger partial charge in [0.25, 0.3) is 0 Å². The zero-order valence-electron chi connectivity index (χ0n) is 18.2. The van der Waals surface area contributed by atoms with Gasteiger partial charge in [0.05, 0.1) is 25.6 Å². The van der Waals surface area contributed by atoms with E-state index in [1.165, 1.54) is 4.90 Å². The number of ether oxygens (including phenoxy) is 1. The Morgan fingerprint density at radius 2 is 1.87 bits per heavy atom. The molecule has 1 aliphatic heterocycles. The van der Waals surface area contributed by atoms with E-state index in [0.717, 1.165) is 12.8 Å². The predicted molar refractivity (Wildman–Crippen MR) is 116 cm³/mol. The van der Waals surface area contributed by atoms with Crippen LogP contribution in [0.1, 0.15) is 19.8 Å². The minimum absolute atomic E-state index is 0.0410. The first-order valence-electron chi connectivity index (χ1n) is 10.7. The monoisotopic (exact) mass is 429 g/mol. The average Bonchev–Trinajstić information content (AvgIpc) is 3.06. The second kappa shape index (κ2) is 9.96. The molecule has 8 heteroatoms. The minimum Gasteiger partial charge on any atom is -0.497 e. The fourth-order valence-electron chi connectivity index (χ4n) is 4.87. The van der Waals surface area contributed by atoms with Crippen molar-refractivity contribution < 1.29 is 24.2 Å². The molecule has 31 heavy (non-hydrogen) atoms. The van der Waals surface area contributed by atoms with Gasteiger partial charge in [-0.3, -0.25) is 14.4 Å². The van der Waals surface area contributed by atoms with Crippen LogP contribution in [-0.2, 0) is 14.4 Å². The van der Waals surface area contributed by atoms with Gasteiger partial charge in [0.15, 0.2) is 0 Å². The molecule has 168 valence electrons. The third kappa shape index (κ3) is 4.44. The Labute approximate surface area is 182 Å². The van der Waals surface area contributed by atoms with E-state index in [2.05, 4.69) is 10.6 Å². The number of benzene rings is 1. The lowest BCUT2D eigenvalue weighted by atomic mass is 9.68. The average molecular weight is 430 g/mol. The molecule has 1 aromatic carbocycles. The first kappa shape index (κ1) is 22.8. The van der Waals surface area contributed by atoms with Crippen molar-refractivity contribution >= 4 is 23.4 Å². The van der Waals surface area contributed by atoms with Gasteiger partial charge < -0.3 is 25.4 Å². The Morgan fingerprint density at radius 1 is 1.16 bits per heavy atom. The van der Waals surface area contributed by atoms with Crippen LogP contribution in [0.3, 0.4) is 0 Å². The van der Waals surface area contributed by atoms with E-state index in [1.54, 1.807) is 38.4 Å². The number of carbonyl (C=O) groups is 3. The Kier molecular flexibility index (Phi) is 7.33. The van der Waals surface area contributed by atoms with Crippen LogP contribution in [0.25, 0.3) is 0 Å². The largest absolute Gasteiger partial charge is 0.497 e. The molecular formula is C23H31N3O5. The molecular weight excluding hydrogens is 398 g/mol. The number of nitrogens with one attached hydrogen (secondary N) is 2. The minimum atomic E-state index is -0.794. The lowest BCUT2D eigenvalue weighted by molar-refractivity contribution is -0.140. The Morgan fingerprint density at radius 3 is 2.45 bits per heavy atom. The molecule has 0 saturated carbocycles. The van der Waals surface area contributed by atoms with Crippen LogP contribution in [0.4, 0.5) is 5.69 Å². The number of hydrogen-bond acceptors (Lipinski definition) is 5. The Balaban J connectivity index is 1.92. The molecule has 0 unspecified atom stereocenters. The van der Waals surface area contributed by atoms with Crippen LogP contribution < -0.4 is 15.4 Å². The number of carbonyl (C=O) groups excluding carboxylic acids is 3. The molecule has 1 heterocycles. The number of rotatable bonds is 8. The zero-order chi connectivity index (χ0) is 22.5. The summed E-state index contributed by atoms with van der Waals surface area (Å²) >= 11 is 0. The number of aliphatic hydroxyl groups excluding tert-OH is 1. The molecule has 5 atom stereocenters. The number of allylic oxidation sites excluding steroid dienone is 1. The topological polar surface area (TPSA) is 108 Å². The molecule has 0 aromatic heterocycles. The maximum atomic E-state index is 13.4. The summed E-state index contributed by atoms with van der Waals surface area (Å²) in [5, 5.41) is 15.1. The van der Waals surface area contributed by atoms with Crippen LogP contribution in [-0.4, -0.2) is 61.1 Å². The fourth-order valence-corrected chi connectivity index (χ4v) is 4.87. The highest BCUT2D eigenvalue weighted by Crippen LogP contribution is 2.45. The molecule has 2 aliphatic rings. The van der Waals surface area contributed by atoms with E-state index in [0.29, 0.717) is 11.4 Å². The van der Waals surface area contributed by atoms with Crippen LogP contribution in [0.15, 0.2) is 36.4 Å². The summed E-state index contributed by atoms with van der Waals surface area (Å²) in [6.07, 6.45) is 5.57. The van der Waals surface area contributed by atoms with Crippen LogP contribution >= 0.6 is 0 Å². The summed E-state index contributed by atoms with van der Waals surface area (Å²) < 4.78 is 5.14. The first-order chi connectivity index (χ1) is 15.0. The number of methoxy groups -OCH3 is 1. The van der Waals surface area contributed by atoms with Crippen molar-refractivity contribution in [3.05, 3.63) is 36.4 Å². The van der Waals surface area contributed by atoms with Crippen LogP contribution in [0.2, 0.25) is 0 Å². The first-order valence-corrected chi connectivity index (χ1v) is 10.7. The van der Waals surface area contributed by atoms with E-state index >= 15 is 0 Å². The van der Waals surface area contributed by atoms with E-state index in [4.69, 9.17) is 4.74 Å². The molecule has 1 fully saturated rings. The summed E-state index contributed by atoms with van der Waals surface area (Å²) in [6.45, 7) is 1.82. The van der Waals surface area contributed by atoms with Crippen LogP contribution in [0.5, 0.6) is 5.75 Å². The molecule has 1 saturated heterocycles. The van der Waals surface area contributed by atoms with Crippen LogP contribution in [0, 0.1) is 23.7 Å². The van der Waals surface area contributed by atoms with Gasteiger partial charge in [-0.05, 0) is 36.6 Å². The van der Waals surface area contributed by atoms with E-state index in [1.807, 2.05) is 19.1 Å². The second-order valence-electron chi connectivity index (χ2n) is 8.00. The molecule has 3 N–H and O–H groups in total. The number of β-amino-alcohol motifs (C(OH)–C–C–N with tert-alkyl or cyclic N) is 1. The third-order valence-corrected chi connectivity index (χ3v) is 6.25. The van der Waals surface area contributed by atoms with Crippen molar-refractivity contribution in [2.24, 2.45) is 23.7 Å². The lowest BCUT2D eigenvalue weighted by Gasteiger charge is -2.34. The fraction of sp³-hybridized carbons (Fsp3) is 0.522. The molecule has 0 spiro atoms. The van der Waals surface area contributed by atoms with Gasteiger partial charge in [-0.2, -0.15) is 0 Å². The predicted octanol–water partition coefficient (Wildman–Crippen LogP) is 1.42. The zero-order valence-corrected chi connectivity index (χ0v) is 18.2. The number of likely N-dealkylation sites (tertiary alicyclic amines) is 1. The highest BCUT2D eigenvalue weighted by atomic mass is 16.5. The van der Waals surface area contributed by atoms with E-state index in [-0.39, 0.29) is 36.8 Å². The summed E-state index contributed by atoms with van der Waals surface area (Å²) in [5.74, 6) is -1.77. The Hall–Kier alpha value is -2.87. The molecule has 3 rings (SSSR count). The van der Waals surface area contributed by atoms with Gasteiger partial charge in [0.1, 0.15) is 11.8 Å². The van der Waals surface area contributed by atoms with Gasteiger partial charge in [-0.15, -0.1) is 0 Å².